The summed E-state index contributed by atoms with van der Waals surface area (Å²) in [5.41, 5.74) is -0.0850. The summed E-state index contributed by atoms with van der Waals surface area (Å²) in [6.45, 7) is 0. The van der Waals surface area contributed by atoms with Gasteiger partial charge in [0.2, 0.25) is 0 Å². The first kappa shape index (κ1) is 20.2. The van der Waals surface area contributed by atoms with Gasteiger partial charge in [-0.15, -0.1) is 3.77 Å². The van der Waals surface area contributed by atoms with E-state index >= 15 is 0 Å². The minimum atomic E-state index is -3.90. The molecule has 2 aromatic carbocycles. The molecule has 0 aliphatic rings. The summed E-state index contributed by atoms with van der Waals surface area (Å²) in [5, 5.41) is 10.8. The number of hydrogen-bond acceptors (Lipinski definition) is 6. The first-order valence-corrected chi connectivity index (χ1v) is 10.2. The maximum Gasteiger partial charge on any atom is 0.288 e. The molecule has 0 aliphatic carbocycles. The summed E-state index contributed by atoms with van der Waals surface area (Å²) in [4.78, 5) is 10.9. The predicted molar refractivity (Wildman–Crippen MR) is 97.5 cm³/mol. The van der Waals surface area contributed by atoms with Crippen molar-refractivity contribution < 1.29 is 22.8 Å². The maximum absolute atomic E-state index is 12.6. The number of sulfonamides is 1. The van der Waals surface area contributed by atoms with Gasteiger partial charge < -0.3 is 9.47 Å². The highest BCUT2D eigenvalue weighted by atomic mass is 32.3. The van der Waals surface area contributed by atoms with Crippen LogP contribution in [0.25, 0.3) is 0 Å². The highest BCUT2D eigenvalue weighted by molar-refractivity contribution is 8.00. The van der Waals surface area contributed by atoms with Crippen molar-refractivity contribution in [3.05, 3.63) is 64.7 Å². The largest absolute Gasteiger partial charge is 0.355 e. The third-order valence-corrected chi connectivity index (χ3v) is 7.15. The minimum absolute atomic E-state index is 0.0748. The van der Waals surface area contributed by atoms with Crippen molar-refractivity contribution >= 4 is 26.4 Å². The van der Waals surface area contributed by atoms with Crippen LogP contribution in [0.1, 0.15) is 0 Å². The van der Waals surface area contributed by atoms with Crippen molar-refractivity contribution in [2.45, 2.75) is 16.1 Å². The molecule has 26 heavy (non-hydrogen) atoms. The van der Waals surface area contributed by atoms with Crippen LogP contribution in [0.4, 0.5) is 5.69 Å². The Morgan fingerprint density at radius 2 is 1.65 bits per heavy atom. The van der Waals surface area contributed by atoms with Crippen molar-refractivity contribution in [3.8, 4) is 0 Å². The first-order valence-electron chi connectivity index (χ1n) is 7.41. The van der Waals surface area contributed by atoms with Crippen LogP contribution in [0, 0.1) is 10.1 Å². The number of rotatable bonds is 8. The fourth-order valence-corrected chi connectivity index (χ4v) is 5.56. The molecule has 2 rings (SSSR count). The van der Waals surface area contributed by atoms with Crippen LogP contribution < -0.4 is 0 Å². The normalized spacial score (nSPS) is 13.0. The zero-order valence-electron chi connectivity index (χ0n) is 14.1. The molecule has 0 amide bonds. The van der Waals surface area contributed by atoms with Gasteiger partial charge in [0.1, 0.15) is 0 Å². The lowest BCUT2D eigenvalue weighted by Crippen LogP contribution is -2.22. The van der Waals surface area contributed by atoms with Gasteiger partial charge in [-0.25, -0.2) is 0 Å². The smallest absolute Gasteiger partial charge is 0.288 e. The van der Waals surface area contributed by atoms with Gasteiger partial charge in [-0.1, -0.05) is 18.2 Å². The Morgan fingerprint density at radius 3 is 2.15 bits per heavy atom. The molecule has 0 bridgehead atoms. The second-order valence-corrected chi connectivity index (χ2v) is 8.60. The molecule has 1 unspecified atom stereocenters. The van der Waals surface area contributed by atoms with Crippen molar-refractivity contribution in [1.82, 2.24) is 0 Å². The molecule has 2 aromatic rings. The fourth-order valence-electron chi connectivity index (χ4n) is 2.01. The number of nitro benzene ring substituents is 1. The number of benzene rings is 2. The Labute approximate surface area is 154 Å². The van der Waals surface area contributed by atoms with Crippen molar-refractivity contribution in [3.63, 3.8) is 0 Å². The summed E-state index contributed by atoms with van der Waals surface area (Å²) in [7, 11) is -2.17. The number of ether oxygens (including phenoxy) is 2. The van der Waals surface area contributed by atoms with Crippen LogP contribution in [0.3, 0.4) is 0 Å². The molecule has 0 N–H and O–H groups in total. The lowest BCUT2D eigenvalue weighted by molar-refractivity contribution is -0.384. The standard InChI is InChI=1S/C16H18N2O6S2/c1-23-16(24-2)12-25(14-10-8-13(9-11-14)18(19)20)17-26(21,22)15-6-4-3-5-7-15/h3-11,16H,12H2,1-2H3. The van der Waals surface area contributed by atoms with E-state index < -0.39 is 31.9 Å². The van der Waals surface area contributed by atoms with Crippen LogP contribution >= 0.6 is 0 Å². The van der Waals surface area contributed by atoms with E-state index in [1.807, 2.05) is 0 Å². The van der Waals surface area contributed by atoms with Gasteiger partial charge in [-0.05, 0) is 35.0 Å². The van der Waals surface area contributed by atoms with Gasteiger partial charge in [-0.3, -0.25) is 10.1 Å². The molecule has 140 valence electrons. The van der Waals surface area contributed by atoms with E-state index in [0.29, 0.717) is 4.90 Å². The Kier molecular flexibility index (Phi) is 6.98. The summed E-state index contributed by atoms with van der Waals surface area (Å²) >= 11 is 0. The summed E-state index contributed by atoms with van der Waals surface area (Å²) < 4.78 is 39.5. The zero-order chi connectivity index (χ0) is 19.2. The quantitative estimate of drug-likeness (QED) is 0.384. The number of nitrogens with zero attached hydrogens (tertiary/aromatic N) is 2. The summed E-state index contributed by atoms with van der Waals surface area (Å²) in [6, 6.07) is 13.5. The summed E-state index contributed by atoms with van der Waals surface area (Å²) in [5.74, 6) is 0.164. The van der Waals surface area contributed by atoms with Gasteiger partial charge in [-0.2, -0.15) is 8.42 Å². The van der Waals surface area contributed by atoms with Crippen LogP contribution in [0.2, 0.25) is 0 Å². The van der Waals surface area contributed by atoms with E-state index in [1.54, 1.807) is 18.2 Å². The molecule has 0 heterocycles. The number of hydrogen-bond donors (Lipinski definition) is 0. The predicted octanol–water partition coefficient (Wildman–Crippen LogP) is 2.76. The molecule has 0 aromatic heterocycles. The van der Waals surface area contributed by atoms with Crippen LogP contribution in [-0.4, -0.2) is 39.6 Å². The fraction of sp³-hybridized carbons (Fsp3) is 0.250. The van der Waals surface area contributed by atoms with Gasteiger partial charge in [0.15, 0.2) is 6.29 Å². The topological polar surface area (TPSA) is 108 Å². The molecule has 0 radical (unpaired) electrons. The molecule has 1 atom stereocenters. The minimum Gasteiger partial charge on any atom is -0.355 e. The van der Waals surface area contributed by atoms with E-state index in [-0.39, 0.29) is 16.3 Å². The van der Waals surface area contributed by atoms with Gasteiger partial charge in [0.05, 0.1) is 15.6 Å². The summed E-state index contributed by atoms with van der Waals surface area (Å²) in [6.07, 6.45) is -0.664. The Bertz CT molecular complexity index is 879. The van der Waals surface area contributed by atoms with E-state index in [4.69, 9.17) is 9.47 Å². The Balaban J connectivity index is 2.48. The Morgan fingerprint density at radius 1 is 1.08 bits per heavy atom. The number of methoxy groups -OCH3 is 2. The van der Waals surface area contributed by atoms with Crippen LogP contribution in [0.5, 0.6) is 0 Å². The van der Waals surface area contributed by atoms with Crippen molar-refractivity contribution in [2.75, 3.05) is 20.0 Å². The van der Waals surface area contributed by atoms with Gasteiger partial charge in [0.25, 0.3) is 15.7 Å². The first-order chi connectivity index (χ1) is 12.4. The SMILES string of the molecule is COC(CS(=NS(=O)(=O)c1ccccc1)c1ccc([N+](=O)[O-])cc1)OC. The lowest BCUT2D eigenvalue weighted by atomic mass is 10.3. The zero-order valence-corrected chi connectivity index (χ0v) is 15.8. The molecular formula is C16H18N2O6S2. The van der Waals surface area contributed by atoms with Crippen molar-refractivity contribution in [2.24, 2.45) is 3.77 Å². The van der Waals surface area contributed by atoms with Gasteiger partial charge in [0, 0.05) is 31.2 Å². The van der Waals surface area contributed by atoms with Crippen molar-refractivity contribution in [1.29, 1.82) is 0 Å². The molecule has 10 heteroatoms. The average molecular weight is 398 g/mol. The van der Waals surface area contributed by atoms with E-state index in [2.05, 4.69) is 3.77 Å². The molecule has 0 aliphatic heterocycles. The molecule has 0 saturated heterocycles. The molecule has 0 spiro atoms. The number of nitro groups is 1. The molecule has 0 saturated carbocycles. The second kappa shape index (κ2) is 8.99. The highest BCUT2D eigenvalue weighted by Crippen LogP contribution is 2.21. The van der Waals surface area contributed by atoms with Gasteiger partial charge >= 0.3 is 0 Å². The average Bonchev–Trinajstić information content (AvgIpc) is 2.65. The lowest BCUT2D eigenvalue weighted by Gasteiger charge is -2.16. The second-order valence-electron chi connectivity index (χ2n) is 5.05. The Hall–Kier alpha value is -2.14. The van der Waals surface area contributed by atoms with Crippen LogP contribution in [0.15, 0.2) is 68.2 Å². The maximum atomic E-state index is 12.6. The third kappa shape index (κ3) is 5.18. The molecular weight excluding hydrogens is 380 g/mol. The number of non-ortho nitro benzene ring substituents is 1. The van der Waals surface area contributed by atoms with E-state index in [9.17, 15) is 18.5 Å². The van der Waals surface area contributed by atoms with E-state index in [0.717, 1.165) is 0 Å². The molecule has 0 fully saturated rings. The van der Waals surface area contributed by atoms with E-state index in [1.165, 1.54) is 50.6 Å². The highest BCUT2D eigenvalue weighted by Gasteiger charge is 2.18. The molecule has 8 nitrogen and oxygen atoms in total. The van der Waals surface area contributed by atoms with Crippen LogP contribution in [-0.2, 0) is 30.2 Å². The third-order valence-electron chi connectivity index (χ3n) is 3.37. The monoisotopic (exact) mass is 398 g/mol.